The van der Waals surface area contributed by atoms with Crippen LogP contribution in [0.25, 0.3) is 5.65 Å². The van der Waals surface area contributed by atoms with Gasteiger partial charge >= 0.3 is 0 Å². The van der Waals surface area contributed by atoms with E-state index < -0.39 is 0 Å². The van der Waals surface area contributed by atoms with Gasteiger partial charge in [0.2, 0.25) is 5.91 Å². The minimum Gasteiger partial charge on any atom is -0.321 e. The van der Waals surface area contributed by atoms with E-state index in [1.54, 1.807) is 6.20 Å². The maximum atomic E-state index is 11.1. The normalized spacial score (nSPS) is 10.2. The second-order valence-electron chi connectivity index (χ2n) is 3.26. The van der Waals surface area contributed by atoms with E-state index in [4.69, 9.17) is 0 Å². The minimum absolute atomic E-state index is 0.214. The lowest BCUT2D eigenvalue weighted by Crippen LogP contribution is -2.08. The number of aromatic nitrogens is 2. The number of carbonyl (C=O) groups is 1. The first-order valence-electron chi connectivity index (χ1n) is 4.57. The molecule has 0 aliphatic heterocycles. The van der Waals surface area contributed by atoms with E-state index in [0.29, 0.717) is 0 Å². The Morgan fingerprint density at radius 2 is 2.47 bits per heavy atom. The number of amides is 1. The molecule has 2 heterocycles. The Labute approximate surface area is 87.3 Å². The van der Waals surface area contributed by atoms with Gasteiger partial charge in [-0.25, -0.2) is 4.98 Å². The molecule has 0 spiro atoms. The van der Waals surface area contributed by atoms with Crippen molar-refractivity contribution in [3.63, 3.8) is 0 Å². The standard InChI is InChI=1S/C11H11N3O/c1-3-10(15)13-9-6-8(2)11-12-4-5-14(11)7-9/h3-7H,1H2,2H3,(H,13,15). The molecule has 4 nitrogen and oxygen atoms in total. The van der Waals surface area contributed by atoms with Crippen LogP contribution in [0.15, 0.2) is 37.3 Å². The van der Waals surface area contributed by atoms with E-state index in [0.717, 1.165) is 16.9 Å². The van der Waals surface area contributed by atoms with Gasteiger partial charge in [-0.05, 0) is 24.6 Å². The van der Waals surface area contributed by atoms with Gasteiger partial charge in [-0.1, -0.05) is 6.58 Å². The van der Waals surface area contributed by atoms with Crippen molar-refractivity contribution in [1.82, 2.24) is 9.38 Å². The molecule has 1 N–H and O–H groups in total. The molecule has 2 rings (SSSR count). The zero-order valence-electron chi connectivity index (χ0n) is 8.40. The van der Waals surface area contributed by atoms with E-state index in [1.807, 2.05) is 29.8 Å². The van der Waals surface area contributed by atoms with Crippen LogP contribution < -0.4 is 5.32 Å². The van der Waals surface area contributed by atoms with Crippen molar-refractivity contribution in [3.8, 4) is 0 Å². The van der Waals surface area contributed by atoms with Gasteiger partial charge in [0, 0.05) is 18.6 Å². The van der Waals surface area contributed by atoms with Crippen LogP contribution in [0.5, 0.6) is 0 Å². The first-order valence-corrected chi connectivity index (χ1v) is 4.57. The van der Waals surface area contributed by atoms with Crippen molar-refractivity contribution < 1.29 is 4.79 Å². The van der Waals surface area contributed by atoms with Gasteiger partial charge in [0.25, 0.3) is 0 Å². The number of rotatable bonds is 2. The number of carbonyl (C=O) groups excluding carboxylic acids is 1. The number of hydrogen-bond donors (Lipinski definition) is 1. The number of imidazole rings is 1. The number of nitrogens with zero attached hydrogens (tertiary/aromatic N) is 2. The van der Waals surface area contributed by atoms with Crippen molar-refractivity contribution in [2.75, 3.05) is 5.32 Å². The average Bonchev–Trinajstić information content (AvgIpc) is 2.66. The summed E-state index contributed by atoms with van der Waals surface area (Å²) in [5.74, 6) is -0.214. The van der Waals surface area contributed by atoms with Gasteiger partial charge in [-0.15, -0.1) is 0 Å². The Morgan fingerprint density at radius 1 is 1.67 bits per heavy atom. The summed E-state index contributed by atoms with van der Waals surface area (Å²) in [5, 5.41) is 2.71. The van der Waals surface area contributed by atoms with Crippen molar-refractivity contribution in [2.45, 2.75) is 6.92 Å². The Balaban J connectivity index is 2.44. The zero-order chi connectivity index (χ0) is 10.8. The first-order chi connectivity index (χ1) is 7.20. The summed E-state index contributed by atoms with van der Waals surface area (Å²) in [5.41, 5.74) is 2.65. The predicted octanol–water partition coefficient (Wildman–Crippen LogP) is 1.77. The summed E-state index contributed by atoms with van der Waals surface area (Å²) >= 11 is 0. The molecular formula is C11H11N3O. The fourth-order valence-corrected chi connectivity index (χ4v) is 1.47. The highest BCUT2D eigenvalue weighted by Gasteiger charge is 2.02. The van der Waals surface area contributed by atoms with Crippen LogP contribution in [0, 0.1) is 6.92 Å². The third kappa shape index (κ3) is 1.74. The number of anilines is 1. The maximum absolute atomic E-state index is 11.1. The number of pyridine rings is 1. The Morgan fingerprint density at radius 3 is 3.20 bits per heavy atom. The van der Waals surface area contributed by atoms with Crippen LogP contribution in [-0.4, -0.2) is 15.3 Å². The molecule has 0 unspecified atom stereocenters. The van der Waals surface area contributed by atoms with Crippen molar-refractivity contribution >= 4 is 17.2 Å². The van der Waals surface area contributed by atoms with Crippen molar-refractivity contribution in [3.05, 3.63) is 42.9 Å². The second-order valence-corrected chi connectivity index (χ2v) is 3.26. The Bertz CT molecular complexity index is 528. The fourth-order valence-electron chi connectivity index (χ4n) is 1.47. The molecule has 0 bridgehead atoms. The molecule has 0 saturated heterocycles. The summed E-state index contributed by atoms with van der Waals surface area (Å²) in [7, 11) is 0. The monoisotopic (exact) mass is 201 g/mol. The molecular weight excluding hydrogens is 190 g/mol. The van der Waals surface area contributed by atoms with E-state index in [-0.39, 0.29) is 5.91 Å². The lowest BCUT2D eigenvalue weighted by Gasteiger charge is -2.05. The summed E-state index contributed by atoms with van der Waals surface area (Å²) < 4.78 is 1.87. The van der Waals surface area contributed by atoms with Crippen LogP contribution in [0.2, 0.25) is 0 Å². The van der Waals surface area contributed by atoms with E-state index in [1.165, 1.54) is 6.08 Å². The number of nitrogens with one attached hydrogen (secondary N) is 1. The lowest BCUT2D eigenvalue weighted by atomic mass is 10.2. The molecule has 2 aromatic heterocycles. The maximum Gasteiger partial charge on any atom is 0.247 e. The Hall–Kier alpha value is -2.10. The summed E-state index contributed by atoms with van der Waals surface area (Å²) in [6.07, 6.45) is 6.62. The number of hydrogen-bond acceptors (Lipinski definition) is 2. The zero-order valence-corrected chi connectivity index (χ0v) is 8.40. The van der Waals surface area contributed by atoms with Gasteiger partial charge in [0.05, 0.1) is 5.69 Å². The molecule has 2 aromatic rings. The van der Waals surface area contributed by atoms with Crippen LogP contribution in [0.1, 0.15) is 5.56 Å². The molecule has 76 valence electrons. The number of fused-ring (bicyclic) bond motifs is 1. The van der Waals surface area contributed by atoms with Gasteiger partial charge in [0.1, 0.15) is 5.65 Å². The molecule has 0 atom stereocenters. The van der Waals surface area contributed by atoms with E-state index in [9.17, 15) is 4.79 Å². The molecule has 0 aliphatic rings. The highest BCUT2D eigenvalue weighted by Crippen LogP contribution is 2.14. The highest BCUT2D eigenvalue weighted by atomic mass is 16.1. The average molecular weight is 201 g/mol. The SMILES string of the molecule is C=CC(=O)Nc1cc(C)c2nccn2c1. The van der Waals surface area contributed by atoms with E-state index in [2.05, 4.69) is 16.9 Å². The first kappa shape index (κ1) is 9.45. The highest BCUT2D eigenvalue weighted by molar-refractivity contribution is 5.98. The molecule has 1 amide bonds. The molecule has 0 radical (unpaired) electrons. The van der Waals surface area contributed by atoms with Gasteiger partial charge < -0.3 is 9.72 Å². The van der Waals surface area contributed by atoms with Crippen LogP contribution in [0.3, 0.4) is 0 Å². The second kappa shape index (κ2) is 3.57. The minimum atomic E-state index is -0.214. The molecule has 0 fully saturated rings. The third-order valence-electron chi connectivity index (χ3n) is 2.12. The summed E-state index contributed by atoms with van der Waals surface area (Å²) in [6.45, 7) is 5.35. The van der Waals surface area contributed by atoms with Crippen LogP contribution >= 0.6 is 0 Å². The number of aryl methyl sites for hydroxylation is 1. The molecule has 0 aliphatic carbocycles. The van der Waals surface area contributed by atoms with Gasteiger partial charge in [-0.3, -0.25) is 4.79 Å². The quantitative estimate of drug-likeness (QED) is 0.752. The van der Waals surface area contributed by atoms with Crippen LogP contribution in [0.4, 0.5) is 5.69 Å². The largest absolute Gasteiger partial charge is 0.321 e. The molecule has 0 aromatic carbocycles. The summed E-state index contributed by atoms with van der Waals surface area (Å²) in [6, 6.07) is 1.88. The predicted molar refractivity (Wildman–Crippen MR) is 58.8 cm³/mol. The van der Waals surface area contributed by atoms with Crippen molar-refractivity contribution in [2.24, 2.45) is 0 Å². The fraction of sp³-hybridized carbons (Fsp3) is 0.0909. The smallest absolute Gasteiger partial charge is 0.247 e. The van der Waals surface area contributed by atoms with Crippen LogP contribution in [-0.2, 0) is 4.79 Å². The Kier molecular flexibility index (Phi) is 2.25. The molecule has 15 heavy (non-hydrogen) atoms. The van der Waals surface area contributed by atoms with Gasteiger partial charge in [0.15, 0.2) is 0 Å². The summed E-state index contributed by atoms with van der Waals surface area (Å²) in [4.78, 5) is 15.3. The third-order valence-corrected chi connectivity index (χ3v) is 2.12. The van der Waals surface area contributed by atoms with Crippen molar-refractivity contribution in [1.29, 1.82) is 0 Å². The molecule has 4 heteroatoms. The molecule has 0 saturated carbocycles. The van der Waals surface area contributed by atoms with Gasteiger partial charge in [-0.2, -0.15) is 0 Å². The lowest BCUT2D eigenvalue weighted by molar-refractivity contribution is -0.111. The topological polar surface area (TPSA) is 46.4 Å². The van der Waals surface area contributed by atoms with E-state index >= 15 is 0 Å².